The van der Waals surface area contributed by atoms with Crippen LogP contribution in [0.25, 0.3) is 0 Å². The zero-order valence-corrected chi connectivity index (χ0v) is 17.6. The Morgan fingerprint density at radius 3 is 2.55 bits per heavy atom. The molecule has 0 heterocycles. The van der Waals surface area contributed by atoms with E-state index in [1.165, 1.54) is 55.8 Å². The predicted octanol–water partition coefficient (Wildman–Crippen LogP) is 5.12. The van der Waals surface area contributed by atoms with Crippen LogP contribution >= 0.6 is 23.2 Å². The van der Waals surface area contributed by atoms with E-state index in [-0.39, 0.29) is 27.6 Å². The van der Waals surface area contributed by atoms with Gasteiger partial charge in [-0.05, 0) is 60.2 Å². The van der Waals surface area contributed by atoms with Crippen LogP contribution in [0.5, 0.6) is 11.5 Å². The predicted molar refractivity (Wildman–Crippen MR) is 116 cm³/mol. The number of nitrogens with one attached hydrogen (secondary N) is 1. The van der Waals surface area contributed by atoms with E-state index in [0.717, 1.165) is 6.07 Å². The average molecular weight is 461 g/mol. The number of carbonyl (C=O) groups excluding carboxylic acids is 2. The Kier molecular flexibility index (Phi) is 7.23. The number of ether oxygens (including phenoxy) is 2. The highest BCUT2D eigenvalue weighted by Gasteiger charge is 2.16. The lowest BCUT2D eigenvalue weighted by Gasteiger charge is -2.10. The molecule has 158 valence electrons. The van der Waals surface area contributed by atoms with Gasteiger partial charge in [-0.3, -0.25) is 4.79 Å². The van der Waals surface area contributed by atoms with Crippen molar-refractivity contribution in [3.63, 3.8) is 0 Å². The first-order chi connectivity index (χ1) is 14.9. The normalized spacial score (nSPS) is 10.7. The molecule has 9 heteroatoms. The summed E-state index contributed by atoms with van der Waals surface area (Å²) in [6.45, 7) is 0. The van der Waals surface area contributed by atoms with E-state index in [1.807, 2.05) is 0 Å². The highest BCUT2D eigenvalue weighted by Crippen LogP contribution is 2.29. The van der Waals surface area contributed by atoms with E-state index >= 15 is 0 Å². The molecule has 0 unspecified atom stereocenters. The fourth-order valence-corrected chi connectivity index (χ4v) is 3.00. The second kappa shape index (κ2) is 10.1. The van der Waals surface area contributed by atoms with Crippen molar-refractivity contribution in [2.45, 2.75) is 0 Å². The minimum absolute atomic E-state index is 0.137. The van der Waals surface area contributed by atoms with Crippen molar-refractivity contribution >= 4 is 41.3 Å². The van der Waals surface area contributed by atoms with Gasteiger partial charge >= 0.3 is 5.97 Å². The summed E-state index contributed by atoms with van der Waals surface area (Å²) in [5, 5.41) is 4.40. The van der Waals surface area contributed by atoms with Gasteiger partial charge in [0, 0.05) is 10.6 Å². The zero-order valence-electron chi connectivity index (χ0n) is 16.1. The second-order valence-corrected chi connectivity index (χ2v) is 6.98. The van der Waals surface area contributed by atoms with Gasteiger partial charge in [-0.15, -0.1) is 0 Å². The molecular formula is C22H15Cl2FN2O4. The maximum Gasteiger partial charge on any atom is 0.345 e. The minimum Gasteiger partial charge on any atom is -0.493 e. The first-order valence-corrected chi connectivity index (χ1v) is 9.57. The number of methoxy groups -OCH3 is 1. The van der Waals surface area contributed by atoms with Crippen LogP contribution in [0.15, 0.2) is 65.8 Å². The molecular weight excluding hydrogens is 446 g/mol. The van der Waals surface area contributed by atoms with Crippen LogP contribution in [0.2, 0.25) is 10.0 Å². The second-order valence-electron chi connectivity index (χ2n) is 6.13. The quantitative estimate of drug-likeness (QED) is 0.239. The molecule has 31 heavy (non-hydrogen) atoms. The smallest absolute Gasteiger partial charge is 0.345 e. The molecule has 1 N–H and O–H groups in total. The summed E-state index contributed by atoms with van der Waals surface area (Å²) in [7, 11) is 1.41. The monoisotopic (exact) mass is 460 g/mol. The largest absolute Gasteiger partial charge is 0.493 e. The van der Waals surface area contributed by atoms with Gasteiger partial charge in [0.25, 0.3) is 5.91 Å². The van der Waals surface area contributed by atoms with Crippen LogP contribution in [0, 0.1) is 5.82 Å². The van der Waals surface area contributed by atoms with E-state index in [4.69, 9.17) is 32.7 Å². The maximum absolute atomic E-state index is 13.2. The number of carbonyl (C=O) groups is 2. The molecule has 6 nitrogen and oxygen atoms in total. The van der Waals surface area contributed by atoms with Crippen LogP contribution < -0.4 is 14.9 Å². The van der Waals surface area contributed by atoms with Gasteiger partial charge in [-0.1, -0.05) is 29.3 Å². The first-order valence-electron chi connectivity index (χ1n) is 8.81. The van der Waals surface area contributed by atoms with E-state index in [1.54, 1.807) is 12.1 Å². The lowest BCUT2D eigenvalue weighted by atomic mass is 10.2. The number of hydrogen-bond donors (Lipinski definition) is 1. The number of hydrogen-bond acceptors (Lipinski definition) is 5. The zero-order chi connectivity index (χ0) is 22.4. The third kappa shape index (κ3) is 5.81. The summed E-state index contributed by atoms with van der Waals surface area (Å²) < 4.78 is 23.8. The van der Waals surface area contributed by atoms with Crippen LogP contribution in [-0.2, 0) is 0 Å². The summed E-state index contributed by atoms with van der Waals surface area (Å²) in [6, 6.07) is 14.3. The Balaban J connectivity index is 1.70. The number of hydrazone groups is 1. The van der Waals surface area contributed by atoms with Crippen molar-refractivity contribution in [3.8, 4) is 11.5 Å². The fourth-order valence-electron chi connectivity index (χ4n) is 2.52. The summed E-state index contributed by atoms with van der Waals surface area (Å²) in [5.74, 6) is -1.33. The fraction of sp³-hybridized carbons (Fsp3) is 0.0455. The Labute approximate surface area is 187 Å². The van der Waals surface area contributed by atoms with E-state index < -0.39 is 17.7 Å². The van der Waals surface area contributed by atoms with Gasteiger partial charge in [0.2, 0.25) is 0 Å². The number of benzene rings is 3. The summed E-state index contributed by atoms with van der Waals surface area (Å²) in [6.07, 6.45) is 1.36. The lowest BCUT2D eigenvalue weighted by molar-refractivity contribution is 0.0729. The number of rotatable bonds is 6. The van der Waals surface area contributed by atoms with Gasteiger partial charge in [0.1, 0.15) is 5.82 Å². The van der Waals surface area contributed by atoms with Gasteiger partial charge in [0.05, 0.1) is 23.9 Å². The Bertz CT molecular complexity index is 1170. The molecule has 3 aromatic rings. The van der Waals surface area contributed by atoms with Gasteiger partial charge in [-0.2, -0.15) is 5.10 Å². The molecule has 1 amide bonds. The molecule has 0 saturated heterocycles. The van der Waals surface area contributed by atoms with Crippen LogP contribution in [0.3, 0.4) is 0 Å². The van der Waals surface area contributed by atoms with Crippen molar-refractivity contribution < 1.29 is 23.5 Å². The van der Waals surface area contributed by atoms with E-state index in [0.29, 0.717) is 10.6 Å². The van der Waals surface area contributed by atoms with E-state index in [9.17, 15) is 14.0 Å². The molecule has 0 saturated carbocycles. The summed E-state index contributed by atoms with van der Waals surface area (Å²) >= 11 is 11.9. The standard InChI is InChI=1S/C22H15Cl2FN2O4/c1-30-20-9-13(12-26-27-21(28)14-3-2-4-16(25)10-14)5-8-19(20)31-22(29)17-7-6-15(23)11-18(17)24/h2-12H,1H3,(H,27,28). The molecule has 3 aromatic carbocycles. The molecule has 0 radical (unpaired) electrons. The third-order valence-corrected chi connectivity index (χ3v) is 4.56. The average Bonchev–Trinajstić information content (AvgIpc) is 2.74. The molecule has 0 bridgehead atoms. The summed E-state index contributed by atoms with van der Waals surface area (Å²) in [5.41, 5.74) is 3.15. The topological polar surface area (TPSA) is 77.0 Å². The molecule has 3 rings (SSSR count). The van der Waals surface area contributed by atoms with Crippen molar-refractivity contribution in [3.05, 3.63) is 93.2 Å². The highest BCUT2D eigenvalue weighted by molar-refractivity contribution is 6.36. The van der Waals surface area contributed by atoms with Gasteiger partial charge < -0.3 is 9.47 Å². The van der Waals surface area contributed by atoms with E-state index in [2.05, 4.69) is 10.5 Å². The van der Waals surface area contributed by atoms with Gasteiger partial charge in [-0.25, -0.2) is 14.6 Å². The third-order valence-electron chi connectivity index (χ3n) is 4.01. The van der Waals surface area contributed by atoms with Gasteiger partial charge in [0.15, 0.2) is 11.5 Å². The molecule has 0 aromatic heterocycles. The Morgan fingerprint density at radius 2 is 1.84 bits per heavy atom. The number of halogens is 3. The Morgan fingerprint density at radius 1 is 1.03 bits per heavy atom. The lowest BCUT2D eigenvalue weighted by Crippen LogP contribution is -2.17. The number of esters is 1. The Hall–Kier alpha value is -3.42. The molecule has 0 aliphatic carbocycles. The maximum atomic E-state index is 13.2. The molecule has 0 fully saturated rings. The molecule has 0 aliphatic rings. The molecule has 0 atom stereocenters. The van der Waals surface area contributed by atoms with Crippen molar-refractivity contribution in [1.29, 1.82) is 0 Å². The molecule has 0 spiro atoms. The van der Waals surface area contributed by atoms with Crippen LogP contribution in [0.4, 0.5) is 4.39 Å². The SMILES string of the molecule is COc1cc(C=NNC(=O)c2cccc(F)c2)ccc1OC(=O)c1ccc(Cl)cc1Cl. The van der Waals surface area contributed by atoms with Crippen molar-refractivity contribution in [1.82, 2.24) is 5.43 Å². The number of amides is 1. The van der Waals surface area contributed by atoms with Crippen LogP contribution in [0.1, 0.15) is 26.3 Å². The van der Waals surface area contributed by atoms with Crippen molar-refractivity contribution in [2.75, 3.05) is 7.11 Å². The van der Waals surface area contributed by atoms with Crippen LogP contribution in [-0.4, -0.2) is 25.2 Å². The first kappa shape index (κ1) is 22.3. The minimum atomic E-state index is -0.677. The summed E-state index contributed by atoms with van der Waals surface area (Å²) in [4.78, 5) is 24.4. The van der Waals surface area contributed by atoms with Crippen molar-refractivity contribution in [2.24, 2.45) is 5.10 Å². The number of nitrogens with zero attached hydrogens (tertiary/aromatic N) is 1. The molecule has 0 aliphatic heterocycles. The highest BCUT2D eigenvalue weighted by atomic mass is 35.5.